The van der Waals surface area contributed by atoms with E-state index in [9.17, 15) is 0 Å². The highest BCUT2D eigenvalue weighted by molar-refractivity contribution is 4.74. The zero-order chi connectivity index (χ0) is 7.11. The molecule has 0 aliphatic carbocycles. The summed E-state index contributed by atoms with van der Waals surface area (Å²) in [5.74, 6) is 0.639. The maximum atomic E-state index is 6.39. The van der Waals surface area contributed by atoms with Crippen molar-refractivity contribution in [3.63, 3.8) is 0 Å². The molecule has 3 nitrogen and oxygen atoms in total. The molecule has 0 heterocycles. The summed E-state index contributed by atoms with van der Waals surface area (Å²) in [6, 6.07) is 0. The predicted octanol–water partition coefficient (Wildman–Crippen LogP) is 1.73. The van der Waals surface area contributed by atoms with Crippen LogP contribution in [0.5, 0.6) is 0 Å². The first-order valence-electron chi connectivity index (χ1n) is 3.02. The molecule has 0 aromatic carbocycles. The molecule has 0 saturated heterocycles. The van der Waals surface area contributed by atoms with Gasteiger partial charge in [0.05, 0.1) is 6.20 Å². The van der Waals surface area contributed by atoms with Gasteiger partial charge in [0.2, 0.25) is 0 Å². The zero-order valence-electron chi connectivity index (χ0n) is 5.89. The van der Waals surface area contributed by atoms with E-state index in [2.05, 4.69) is 24.3 Å². The van der Waals surface area contributed by atoms with Crippen molar-refractivity contribution in [2.75, 3.05) is 6.54 Å². The van der Waals surface area contributed by atoms with E-state index >= 15 is 0 Å². The standard InChI is InChI=1S/C6H13N3/c1-6(2)5-8-3-4-9-7/h3-4,6-8H,5H2,1-2H3/b4-3-,9-7?. The van der Waals surface area contributed by atoms with Gasteiger partial charge in [0, 0.05) is 12.7 Å². The molecule has 0 atom stereocenters. The molecule has 0 unspecified atom stereocenters. The van der Waals surface area contributed by atoms with Gasteiger partial charge in [0.1, 0.15) is 0 Å². The largest absolute Gasteiger partial charge is 0.389 e. The van der Waals surface area contributed by atoms with Gasteiger partial charge in [-0.05, 0) is 5.92 Å². The average molecular weight is 127 g/mol. The normalized spacial score (nSPS) is 10.6. The van der Waals surface area contributed by atoms with Gasteiger partial charge in [-0.3, -0.25) is 0 Å². The van der Waals surface area contributed by atoms with Crippen LogP contribution in [-0.2, 0) is 0 Å². The Morgan fingerprint density at radius 2 is 2.33 bits per heavy atom. The minimum absolute atomic E-state index is 0.639. The van der Waals surface area contributed by atoms with E-state index in [-0.39, 0.29) is 0 Å². The Kier molecular flexibility index (Phi) is 4.78. The van der Waals surface area contributed by atoms with Crippen molar-refractivity contribution >= 4 is 0 Å². The molecule has 0 aromatic heterocycles. The highest BCUT2D eigenvalue weighted by Crippen LogP contribution is 1.85. The van der Waals surface area contributed by atoms with Crippen LogP contribution in [0.2, 0.25) is 0 Å². The highest BCUT2D eigenvalue weighted by atomic mass is 14.9. The van der Waals surface area contributed by atoms with E-state index in [1.807, 2.05) is 0 Å². The maximum absolute atomic E-state index is 6.39. The first-order chi connectivity index (χ1) is 4.27. The molecule has 0 aliphatic rings. The van der Waals surface area contributed by atoms with Crippen molar-refractivity contribution in [2.24, 2.45) is 11.0 Å². The Morgan fingerprint density at radius 1 is 1.67 bits per heavy atom. The van der Waals surface area contributed by atoms with Crippen molar-refractivity contribution in [1.82, 2.24) is 5.32 Å². The lowest BCUT2D eigenvalue weighted by Crippen LogP contribution is -2.12. The predicted molar refractivity (Wildman–Crippen MR) is 37.1 cm³/mol. The van der Waals surface area contributed by atoms with Crippen LogP contribution in [0.1, 0.15) is 13.8 Å². The third-order valence-corrected chi connectivity index (χ3v) is 0.793. The van der Waals surface area contributed by atoms with Gasteiger partial charge in [-0.25, -0.2) is 5.53 Å². The quantitative estimate of drug-likeness (QED) is 0.555. The van der Waals surface area contributed by atoms with E-state index < -0.39 is 0 Å². The van der Waals surface area contributed by atoms with Gasteiger partial charge >= 0.3 is 0 Å². The van der Waals surface area contributed by atoms with Crippen LogP contribution in [-0.4, -0.2) is 6.54 Å². The molecule has 52 valence electrons. The minimum Gasteiger partial charge on any atom is -0.389 e. The number of nitrogens with zero attached hydrogens (tertiary/aromatic N) is 1. The van der Waals surface area contributed by atoms with Gasteiger partial charge in [0.25, 0.3) is 0 Å². The first kappa shape index (κ1) is 8.14. The van der Waals surface area contributed by atoms with Gasteiger partial charge in [-0.1, -0.05) is 13.8 Å². The van der Waals surface area contributed by atoms with Crippen molar-refractivity contribution < 1.29 is 0 Å². The molecule has 2 N–H and O–H groups in total. The lowest BCUT2D eigenvalue weighted by atomic mass is 10.2. The van der Waals surface area contributed by atoms with Crippen molar-refractivity contribution in [1.29, 1.82) is 5.53 Å². The van der Waals surface area contributed by atoms with Crippen LogP contribution in [0.25, 0.3) is 0 Å². The van der Waals surface area contributed by atoms with Crippen molar-refractivity contribution in [3.05, 3.63) is 12.4 Å². The fraction of sp³-hybridized carbons (Fsp3) is 0.667. The van der Waals surface area contributed by atoms with E-state index in [1.165, 1.54) is 6.20 Å². The summed E-state index contributed by atoms with van der Waals surface area (Å²) in [6.45, 7) is 5.18. The molecule has 0 bridgehead atoms. The van der Waals surface area contributed by atoms with Gasteiger partial charge in [-0.15, -0.1) is 0 Å². The Balaban J connectivity index is 3.08. The molecular formula is C6H13N3. The third-order valence-electron chi connectivity index (χ3n) is 0.793. The molecule has 0 fully saturated rings. The second-order valence-corrected chi connectivity index (χ2v) is 2.25. The van der Waals surface area contributed by atoms with Crippen LogP contribution >= 0.6 is 0 Å². The van der Waals surface area contributed by atoms with E-state index in [0.29, 0.717) is 5.92 Å². The Hall–Kier alpha value is -0.860. The van der Waals surface area contributed by atoms with E-state index in [1.54, 1.807) is 6.20 Å². The first-order valence-corrected chi connectivity index (χ1v) is 3.02. The van der Waals surface area contributed by atoms with Crippen LogP contribution in [0.3, 0.4) is 0 Å². The molecule has 3 heteroatoms. The number of nitrogens with one attached hydrogen (secondary N) is 2. The van der Waals surface area contributed by atoms with Gasteiger partial charge in [0.15, 0.2) is 0 Å². The smallest absolute Gasteiger partial charge is 0.0645 e. The zero-order valence-corrected chi connectivity index (χ0v) is 5.89. The summed E-state index contributed by atoms with van der Waals surface area (Å²) in [6.07, 6.45) is 3.09. The average Bonchev–Trinajstić information content (AvgIpc) is 1.80. The second-order valence-electron chi connectivity index (χ2n) is 2.25. The van der Waals surface area contributed by atoms with Crippen molar-refractivity contribution in [3.8, 4) is 0 Å². The summed E-state index contributed by atoms with van der Waals surface area (Å²) in [5.41, 5.74) is 6.39. The monoisotopic (exact) mass is 127 g/mol. The summed E-state index contributed by atoms with van der Waals surface area (Å²) in [4.78, 5) is 0. The fourth-order valence-corrected chi connectivity index (χ4v) is 0.394. The number of hydrogen-bond donors (Lipinski definition) is 2. The third kappa shape index (κ3) is 7.14. The molecule has 0 aromatic rings. The summed E-state index contributed by atoms with van der Waals surface area (Å²) < 4.78 is 0. The lowest BCUT2D eigenvalue weighted by molar-refractivity contribution is 0.610. The molecule has 0 saturated carbocycles. The molecule has 0 amide bonds. The van der Waals surface area contributed by atoms with Gasteiger partial charge < -0.3 is 5.32 Å². The summed E-state index contributed by atoms with van der Waals surface area (Å²) in [7, 11) is 0. The molecule has 0 radical (unpaired) electrons. The Bertz CT molecular complexity index is 96.5. The highest BCUT2D eigenvalue weighted by Gasteiger charge is 1.86. The topological polar surface area (TPSA) is 48.2 Å². The van der Waals surface area contributed by atoms with Crippen LogP contribution in [0.15, 0.2) is 17.5 Å². The number of hydrogen-bond acceptors (Lipinski definition) is 3. The minimum atomic E-state index is 0.639. The molecule has 0 rings (SSSR count). The summed E-state index contributed by atoms with van der Waals surface area (Å²) in [5, 5.41) is 6.03. The SMILES string of the molecule is CC(C)CN/C=C\N=N. The Morgan fingerprint density at radius 3 is 2.78 bits per heavy atom. The molecule has 0 spiro atoms. The summed E-state index contributed by atoms with van der Waals surface area (Å²) >= 11 is 0. The van der Waals surface area contributed by atoms with Crippen LogP contribution < -0.4 is 5.32 Å². The Labute approximate surface area is 55.7 Å². The molecule has 9 heavy (non-hydrogen) atoms. The molecule has 0 aliphatic heterocycles. The number of rotatable bonds is 4. The van der Waals surface area contributed by atoms with E-state index in [4.69, 9.17) is 5.53 Å². The van der Waals surface area contributed by atoms with Crippen molar-refractivity contribution in [2.45, 2.75) is 13.8 Å². The fourth-order valence-electron chi connectivity index (χ4n) is 0.394. The van der Waals surface area contributed by atoms with Crippen LogP contribution in [0, 0.1) is 11.4 Å². The second kappa shape index (κ2) is 5.28. The van der Waals surface area contributed by atoms with E-state index in [0.717, 1.165) is 6.54 Å². The lowest BCUT2D eigenvalue weighted by Gasteiger charge is -2.01. The maximum Gasteiger partial charge on any atom is 0.0645 e. The van der Waals surface area contributed by atoms with Crippen LogP contribution in [0.4, 0.5) is 0 Å². The molecular weight excluding hydrogens is 114 g/mol. The van der Waals surface area contributed by atoms with Gasteiger partial charge in [-0.2, -0.15) is 5.11 Å².